The molecule has 7 nitrogen and oxygen atoms in total. The molecule has 2 atom stereocenters. The molecule has 1 aromatic carbocycles. The Hall–Kier alpha value is -4.18. The summed E-state index contributed by atoms with van der Waals surface area (Å²) in [5.74, 6) is 0.914. The van der Waals surface area contributed by atoms with Crippen LogP contribution in [-0.4, -0.2) is 21.9 Å². The van der Waals surface area contributed by atoms with Crippen molar-refractivity contribution in [2.75, 3.05) is 5.32 Å². The highest BCUT2D eigenvalue weighted by Gasteiger charge is 2.22. The van der Waals surface area contributed by atoms with E-state index in [1.807, 2.05) is 82.3 Å². The number of rotatable bonds is 11. The molecule has 0 bridgehead atoms. The number of furan rings is 1. The van der Waals surface area contributed by atoms with Gasteiger partial charge in [0.15, 0.2) is 5.58 Å². The van der Waals surface area contributed by atoms with Gasteiger partial charge in [0.2, 0.25) is 5.76 Å². The lowest BCUT2D eigenvalue weighted by molar-refractivity contribution is 0.0951. The molecule has 0 spiro atoms. The van der Waals surface area contributed by atoms with Gasteiger partial charge in [-0.2, -0.15) is 5.26 Å². The van der Waals surface area contributed by atoms with E-state index in [1.54, 1.807) is 12.4 Å². The number of hydrogen-bond donors (Lipinski definition) is 2. The lowest BCUT2D eigenvalue weighted by atomic mass is 9.96. The molecule has 0 aliphatic carbocycles. The van der Waals surface area contributed by atoms with Gasteiger partial charge in [-0.15, -0.1) is 0 Å². The zero-order chi connectivity index (χ0) is 30.2. The number of amides is 1. The van der Waals surface area contributed by atoms with E-state index < -0.39 is 0 Å². The molecule has 0 aliphatic rings. The van der Waals surface area contributed by atoms with E-state index in [9.17, 15) is 10.1 Å². The zero-order valence-electron chi connectivity index (χ0n) is 25.6. The minimum absolute atomic E-state index is 0.0123. The highest BCUT2D eigenvalue weighted by Crippen LogP contribution is 2.28. The Labute approximate surface area is 245 Å². The van der Waals surface area contributed by atoms with Gasteiger partial charge in [-0.05, 0) is 42.5 Å². The lowest BCUT2D eigenvalue weighted by Crippen LogP contribution is -2.24. The number of carbonyl (C=O) groups is 1. The molecule has 4 aromatic rings. The highest BCUT2D eigenvalue weighted by molar-refractivity contribution is 6.08. The van der Waals surface area contributed by atoms with Crippen LogP contribution < -0.4 is 10.6 Å². The first kappa shape index (κ1) is 33.0. The second-order valence-electron chi connectivity index (χ2n) is 9.46. The van der Waals surface area contributed by atoms with Gasteiger partial charge < -0.3 is 15.1 Å². The number of fused-ring (bicyclic) bond motifs is 1. The third kappa shape index (κ3) is 9.18. The minimum Gasteiger partial charge on any atom is -0.443 e. The Morgan fingerprint density at radius 3 is 2.39 bits per heavy atom. The predicted molar refractivity (Wildman–Crippen MR) is 169 cm³/mol. The molecule has 3 aromatic heterocycles. The van der Waals surface area contributed by atoms with Crippen LogP contribution in [0.25, 0.3) is 22.2 Å². The average molecular weight is 556 g/mol. The summed E-state index contributed by atoms with van der Waals surface area (Å²) in [4.78, 5) is 22.1. The number of nitrogens with zero attached hydrogens (tertiary/aromatic N) is 3. The number of anilines is 1. The second kappa shape index (κ2) is 17.5. The standard InChI is InChI=1S/C30H33N5O2.2C2H6/c1-4-8-23(15-20(3)5-2)35-28-16-24-27(19-33-28)37-26(17-31)29(24)30(36)34-18-21-10-12-22(13-11-21)25-9-6-7-14-32-25;2*1-2/h6-7,9-14,16,19-20,23H,4-5,8,15,18H2,1-3H3,(H,33,35)(H,34,36);2*1-2H3. The van der Waals surface area contributed by atoms with E-state index in [0.29, 0.717) is 35.3 Å². The number of nitriles is 1. The van der Waals surface area contributed by atoms with Crippen LogP contribution in [0.2, 0.25) is 0 Å². The molecule has 41 heavy (non-hydrogen) atoms. The number of aromatic nitrogens is 2. The Kier molecular flexibility index (Phi) is 14.1. The van der Waals surface area contributed by atoms with Crippen LogP contribution in [0.3, 0.4) is 0 Å². The van der Waals surface area contributed by atoms with Gasteiger partial charge >= 0.3 is 0 Å². The van der Waals surface area contributed by atoms with Crippen molar-refractivity contribution < 1.29 is 9.21 Å². The van der Waals surface area contributed by atoms with Crippen LogP contribution in [0.15, 0.2) is 65.3 Å². The van der Waals surface area contributed by atoms with Gasteiger partial charge in [0.1, 0.15) is 17.5 Å². The van der Waals surface area contributed by atoms with Gasteiger partial charge in [0, 0.05) is 29.7 Å². The summed E-state index contributed by atoms with van der Waals surface area (Å²) in [5.41, 5.74) is 3.49. The minimum atomic E-state index is -0.356. The molecule has 218 valence electrons. The quantitative estimate of drug-likeness (QED) is 0.192. The van der Waals surface area contributed by atoms with Crippen LogP contribution in [0.4, 0.5) is 5.82 Å². The second-order valence-corrected chi connectivity index (χ2v) is 9.46. The number of nitrogens with one attached hydrogen (secondary N) is 2. The fraction of sp³-hybridized carbons (Fsp3) is 0.412. The monoisotopic (exact) mass is 555 g/mol. The van der Waals surface area contributed by atoms with Crippen LogP contribution >= 0.6 is 0 Å². The van der Waals surface area contributed by atoms with Crippen molar-refractivity contribution >= 4 is 22.7 Å². The van der Waals surface area contributed by atoms with Gasteiger partial charge in [0.25, 0.3) is 5.91 Å². The largest absolute Gasteiger partial charge is 0.443 e. The molecule has 2 N–H and O–H groups in total. The van der Waals surface area contributed by atoms with E-state index in [2.05, 4.69) is 41.4 Å². The van der Waals surface area contributed by atoms with Crippen molar-refractivity contribution in [2.24, 2.45) is 5.92 Å². The molecule has 0 saturated carbocycles. The fourth-order valence-electron chi connectivity index (χ4n) is 4.44. The molecular weight excluding hydrogens is 510 g/mol. The van der Waals surface area contributed by atoms with E-state index in [4.69, 9.17) is 4.42 Å². The summed E-state index contributed by atoms with van der Waals surface area (Å²) in [5, 5.41) is 16.7. The van der Waals surface area contributed by atoms with E-state index in [0.717, 1.165) is 42.5 Å². The van der Waals surface area contributed by atoms with Crippen LogP contribution in [-0.2, 0) is 6.54 Å². The van der Waals surface area contributed by atoms with E-state index in [1.165, 1.54) is 0 Å². The molecule has 0 aliphatic heterocycles. The zero-order valence-corrected chi connectivity index (χ0v) is 25.6. The number of carbonyl (C=O) groups excluding carboxylic acids is 1. The Morgan fingerprint density at radius 1 is 1.05 bits per heavy atom. The molecule has 0 saturated heterocycles. The number of benzene rings is 1. The molecule has 0 radical (unpaired) electrons. The third-order valence-corrected chi connectivity index (χ3v) is 6.65. The topological polar surface area (TPSA) is 104 Å². The SMILES string of the molecule is CC.CC.CCCC(CC(C)CC)Nc1cc2c(C(=O)NCc3ccc(-c4ccccn4)cc3)c(C#N)oc2cn1. The summed E-state index contributed by atoms with van der Waals surface area (Å²) in [6.07, 6.45) is 7.61. The summed E-state index contributed by atoms with van der Waals surface area (Å²) in [7, 11) is 0. The van der Waals surface area contributed by atoms with E-state index in [-0.39, 0.29) is 17.2 Å². The molecule has 3 heterocycles. The summed E-state index contributed by atoms with van der Waals surface area (Å²) in [6.45, 7) is 15.0. The maximum Gasteiger partial charge on any atom is 0.256 e. The van der Waals surface area contributed by atoms with Gasteiger partial charge in [-0.25, -0.2) is 4.98 Å². The number of pyridine rings is 2. The maximum absolute atomic E-state index is 13.2. The molecular formula is C34H45N5O2. The van der Waals surface area contributed by atoms with Gasteiger partial charge in [-0.1, -0.05) is 91.6 Å². The Bertz CT molecular complexity index is 1370. The van der Waals surface area contributed by atoms with Crippen molar-refractivity contribution in [1.29, 1.82) is 5.26 Å². The molecule has 1 amide bonds. The first-order valence-electron chi connectivity index (χ1n) is 14.9. The van der Waals surface area contributed by atoms with Gasteiger partial charge in [0.05, 0.1) is 11.9 Å². The van der Waals surface area contributed by atoms with Crippen molar-refractivity contribution in [3.05, 3.63) is 77.8 Å². The lowest BCUT2D eigenvalue weighted by Gasteiger charge is -2.21. The Balaban J connectivity index is 0.00000141. The van der Waals surface area contributed by atoms with Gasteiger partial charge in [-0.3, -0.25) is 9.78 Å². The molecule has 2 unspecified atom stereocenters. The van der Waals surface area contributed by atoms with E-state index >= 15 is 0 Å². The summed E-state index contributed by atoms with van der Waals surface area (Å²) < 4.78 is 5.66. The predicted octanol–water partition coefficient (Wildman–Crippen LogP) is 8.76. The fourth-order valence-corrected chi connectivity index (χ4v) is 4.44. The third-order valence-electron chi connectivity index (χ3n) is 6.65. The molecule has 0 fully saturated rings. The first-order chi connectivity index (χ1) is 20.0. The smallest absolute Gasteiger partial charge is 0.256 e. The van der Waals surface area contributed by atoms with Crippen molar-refractivity contribution in [1.82, 2.24) is 15.3 Å². The van der Waals surface area contributed by atoms with Crippen LogP contribution in [0, 0.1) is 17.2 Å². The van der Waals surface area contributed by atoms with Crippen LogP contribution in [0.1, 0.15) is 95.8 Å². The summed E-state index contributed by atoms with van der Waals surface area (Å²) >= 11 is 0. The summed E-state index contributed by atoms with van der Waals surface area (Å²) in [6, 6.07) is 17.8. The van der Waals surface area contributed by atoms with Crippen molar-refractivity contribution in [3.8, 4) is 17.3 Å². The first-order valence-corrected chi connectivity index (χ1v) is 14.9. The highest BCUT2D eigenvalue weighted by atomic mass is 16.3. The van der Waals surface area contributed by atoms with Crippen LogP contribution in [0.5, 0.6) is 0 Å². The molecule has 7 heteroatoms. The number of hydrogen-bond acceptors (Lipinski definition) is 6. The average Bonchev–Trinajstić information content (AvgIpc) is 3.40. The maximum atomic E-state index is 13.2. The molecule has 4 rings (SSSR count). The normalized spacial score (nSPS) is 11.7. The Morgan fingerprint density at radius 2 is 1.78 bits per heavy atom. The van der Waals surface area contributed by atoms with Crippen molar-refractivity contribution in [3.63, 3.8) is 0 Å². The van der Waals surface area contributed by atoms with Crippen molar-refractivity contribution in [2.45, 2.75) is 86.7 Å².